The molecule has 1 aromatic carbocycles. The highest BCUT2D eigenvalue weighted by atomic mass is 79.9. The Hall–Kier alpha value is -1.54. The highest BCUT2D eigenvalue weighted by molar-refractivity contribution is 9.10. The summed E-state index contributed by atoms with van der Waals surface area (Å²) < 4.78 is 5.46. The Morgan fingerprint density at radius 2 is 2.00 bits per heavy atom. The Morgan fingerprint density at radius 3 is 2.44 bits per heavy atom. The van der Waals surface area contributed by atoms with E-state index in [9.17, 15) is 4.79 Å². The lowest BCUT2D eigenvalue weighted by atomic mass is 10.2. The zero-order valence-corrected chi connectivity index (χ0v) is 10.7. The Kier molecular flexibility index (Phi) is 7.90. The van der Waals surface area contributed by atoms with E-state index >= 15 is 0 Å². The molecule has 1 aromatic rings. The third-order valence-corrected chi connectivity index (χ3v) is 2.06. The van der Waals surface area contributed by atoms with E-state index in [4.69, 9.17) is 5.26 Å². The predicted molar refractivity (Wildman–Crippen MR) is 64.7 cm³/mol. The van der Waals surface area contributed by atoms with E-state index in [2.05, 4.69) is 26.0 Å². The Morgan fingerprint density at radius 1 is 1.50 bits per heavy atom. The van der Waals surface area contributed by atoms with Crippen LogP contribution in [0, 0.1) is 11.3 Å². The quantitative estimate of drug-likeness (QED) is 0.908. The monoisotopic (exact) mass is 284 g/mol. The van der Waals surface area contributed by atoms with Crippen molar-refractivity contribution in [3.05, 3.63) is 34.3 Å². The lowest BCUT2D eigenvalue weighted by Crippen LogP contribution is -2.22. The maximum Gasteiger partial charge on any atom is 0.407 e. The van der Waals surface area contributed by atoms with E-state index in [-0.39, 0.29) is 0 Å². The smallest absolute Gasteiger partial charge is 0.407 e. The number of benzene rings is 1. The molecule has 0 aliphatic rings. The molecule has 0 saturated carbocycles. The number of carbonyl (C=O) groups is 1. The molecular weight excluding hydrogens is 272 g/mol. The zero-order valence-electron chi connectivity index (χ0n) is 9.16. The number of amides is 1. The summed E-state index contributed by atoms with van der Waals surface area (Å²) in [6.07, 6.45) is -0.414. The van der Waals surface area contributed by atoms with Crippen molar-refractivity contribution in [2.24, 2.45) is 0 Å². The van der Waals surface area contributed by atoms with Crippen LogP contribution in [0.5, 0.6) is 0 Å². The lowest BCUT2D eigenvalue weighted by Gasteiger charge is -2.03. The number of halogens is 1. The van der Waals surface area contributed by atoms with Gasteiger partial charge in [-0.3, -0.25) is 0 Å². The normalized spacial score (nSPS) is 8.12. The summed E-state index contributed by atoms with van der Waals surface area (Å²) in [5, 5.41) is 9.91. The minimum atomic E-state index is -0.414. The number of nitriles is 1. The summed E-state index contributed by atoms with van der Waals surface area (Å²) >= 11 is 3.33. The minimum absolute atomic E-state index is 0.414. The topological polar surface area (TPSA) is 62.1 Å². The molecule has 0 aromatic heterocycles. The van der Waals surface area contributed by atoms with Gasteiger partial charge in [-0.2, -0.15) is 5.26 Å². The van der Waals surface area contributed by atoms with Gasteiger partial charge in [0.05, 0.1) is 13.2 Å². The second-order valence-electron chi connectivity index (χ2n) is 2.70. The van der Waals surface area contributed by atoms with Crippen molar-refractivity contribution in [3.63, 3.8) is 0 Å². The summed E-state index contributed by atoms with van der Waals surface area (Å²) in [7, 11) is 1.34. The van der Waals surface area contributed by atoms with E-state index in [1.54, 1.807) is 6.07 Å². The second-order valence-corrected chi connectivity index (χ2v) is 3.61. The van der Waals surface area contributed by atoms with Crippen LogP contribution in [0.4, 0.5) is 4.79 Å². The van der Waals surface area contributed by atoms with Crippen molar-refractivity contribution in [2.45, 2.75) is 13.5 Å². The van der Waals surface area contributed by atoms with Gasteiger partial charge in [-0.25, -0.2) is 4.79 Å². The van der Waals surface area contributed by atoms with Crippen LogP contribution in [0.2, 0.25) is 0 Å². The molecule has 0 saturated heterocycles. The predicted octanol–water partition coefficient (Wildman–Crippen LogP) is 2.83. The van der Waals surface area contributed by atoms with Crippen LogP contribution < -0.4 is 5.32 Å². The van der Waals surface area contributed by atoms with Gasteiger partial charge in [-0.1, -0.05) is 28.1 Å². The van der Waals surface area contributed by atoms with E-state index < -0.39 is 6.09 Å². The third-order valence-electron chi connectivity index (χ3n) is 1.54. The summed E-state index contributed by atoms with van der Waals surface area (Å²) in [5.74, 6) is 0. The molecule has 1 N–H and O–H groups in total. The number of rotatable bonds is 2. The van der Waals surface area contributed by atoms with Crippen molar-refractivity contribution < 1.29 is 9.53 Å². The van der Waals surface area contributed by atoms with Crippen molar-refractivity contribution >= 4 is 22.0 Å². The van der Waals surface area contributed by atoms with Crippen LogP contribution in [-0.4, -0.2) is 13.2 Å². The number of nitrogens with one attached hydrogen (secondary N) is 1. The molecule has 1 rings (SSSR count). The zero-order chi connectivity index (χ0) is 12.4. The van der Waals surface area contributed by atoms with Gasteiger partial charge >= 0.3 is 6.09 Å². The third kappa shape index (κ3) is 6.85. The van der Waals surface area contributed by atoms with Crippen molar-refractivity contribution in [1.29, 1.82) is 5.26 Å². The highest BCUT2D eigenvalue weighted by Gasteiger charge is 1.97. The van der Waals surface area contributed by atoms with Gasteiger partial charge in [0.25, 0.3) is 0 Å². The van der Waals surface area contributed by atoms with Crippen LogP contribution in [0.25, 0.3) is 0 Å². The Bertz CT molecular complexity index is 357. The molecule has 86 valence electrons. The molecule has 0 atom stereocenters. The van der Waals surface area contributed by atoms with Crippen LogP contribution in [0.1, 0.15) is 12.5 Å². The highest BCUT2D eigenvalue weighted by Crippen LogP contribution is 2.10. The lowest BCUT2D eigenvalue weighted by molar-refractivity contribution is 0.170. The Balaban J connectivity index is 0.000000673. The standard InChI is InChI=1S/C9H10BrNO2.C2H3N/c1-13-9(12)11-6-7-2-4-8(10)5-3-7;1-2-3/h2-5H,6H2,1H3,(H,11,12);1H3. The molecule has 0 radical (unpaired) electrons. The van der Waals surface area contributed by atoms with E-state index in [0.29, 0.717) is 6.54 Å². The number of hydrogen-bond donors (Lipinski definition) is 1. The van der Waals surface area contributed by atoms with Gasteiger partial charge < -0.3 is 10.1 Å². The first kappa shape index (κ1) is 14.5. The summed E-state index contributed by atoms with van der Waals surface area (Å²) in [6, 6.07) is 9.46. The van der Waals surface area contributed by atoms with Crippen LogP contribution in [-0.2, 0) is 11.3 Å². The van der Waals surface area contributed by atoms with E-state index in [1.165, 1.54) is 14.0 Å². The molecule has 0 heterocycles. The largest absolute Gasteiger partial charge is 0.453 e. The first-order valence-corrected chi connectivity index (χ1v) is 5.30. The SMILES string of the molecule is CC#N.COC(=O)NCc1ccc(Br)cc1. The first-order chi connectivity index (χ1) is 7.63. The summed E-state index contributed by atoms with van der Waals surface area (Å²) in [4.78, 5) is 10.7. The molecule has 4 nitrogen and oxygen atoms in total. The fraction of sp³-hybridized carbons (Fsp3) is 0.273. The molecule has 0 aliphatic carbocycles. The van der Waals surface area contributed by atoms with Gasteiger partial charge in [0.2, 0.25) is 0 Å². The van der Waals surface area contributed by atoms with E-state index in [1.807, 2.05) is 24.3 Å². The molecule has 0 spiro atoms. The summed E-state index contributed by atoms with van der Waals surface area (Å²) in [5.41, 5.74) is 1.04. The maximum absolute atomic E-state index is 10.7. The van der Waals surface area contributed by atoms with Crippen molar-refractivity contribution in [2.75, 3.05) is 7.11 Å². The van der Waals surface area contributed by atoms with Crippen LogP contribution in [0.3, 0.4) is 0 Å². The van der Waals surface area contributed by atoms with Crippen molar-refractivity contribution in [1.82, 2.24) is 5.32 Å². The molecule has 0 bridgehead atoms. The fourth-order valence-corrected chi connectivity index (χ4v) is 1.11. The molecular formula is C11H13BrN2O2. The average Bonchev–Trinajstić information content (AvgIpc) is 2.29. The Labute approximate surface area is 103 Å². The number of alkyl carbamates (subject to hydrolysis) is 1. The van der Waals surface area contributed by atoms with Gasteiger partial charge in [-0.05, 0) is 17.7 Å². The van der Waals surface area contributed by atoms with Crippen molar-refractivity contribution in [3.8, 4) is 6.07 Å². The number of carbonyl (C=O) groups excluding carboxylic acids is 1. The maximum atomic E-state index is 10.7. The van der Waals surface area contributed by atoms with Gasteiger partial charge in [-0.15, -0.1) is 0 Å². The molecule has 0 fully saturated rings. The molecule has 0 aliphatic heterocycles. The van der Waals surface area contributed by atoms with Crippen LogP contribution in [0.15, 0.2) is 28.7 Å². The fourth-order valence-electron chi connectivity index (χ4n) is 0.849. The van der Waals surface area contributed by atoms with Crippen LogP contribution >= 0.6 is 15.9 Å². The molecule has 5 heteroatoms. The average molecular weight is 285 g/mol. The number of ether oxygens (including phenoxy) is 1. The van der Waals surface area contributed by atoms with Gasteiger partial charge in [0.1, 0.15) is 0 Å². The second kappa shape index (κ2) is 8.74. The summed E-state index contributed by atoms with van der Waals surface area (Å²) in [6.45, 7) is 1.92. The minimum Gasteiger partial charge on any atom is -0.453 e. The van der Waals surface area contributed by atoms with Gasteiger partial charge in [0.15, 0.2) is 0 Å². The number of hydrogen-bond acceptors (Lipinski definition) is 3. The first-order valence-electron chi connectivity index (χ1n) is 4.51. The molecule has 0 unspecified atom stereocenters. The molecule has 1 amide bonds. The van der Waals surface area contributed by atoms with E-state index in [0.717, 1.165) is 10.0 Å². The number of nitrogens with zero attached hydrogens (tertiary/aromatic N) is 1. The number of methoxy groups -OCH3 is 1. The molecule has 16 heavy (non-hydrogen) atoms. The van der Waals surface area contributed by atoms with Gasteiger partial charge in [0, 0.05) is 17.9 Å².